The Morgan fingerprint density at radius 1 is 1.22 bits per heavy atom. The number of urea groups is 1. The van der Waals surface area contributed by atoms with Crippen LogP contribution in [-0.2, 0) is 4.74 Å². The van der Waals surface area contributed by atoms with Crippen LogP contribution in [-0.4, -0.2) is 68.8 Å². The third kappa shape index (κ3) is 5.94. The molecule has 2 aliphatic heterocycles. The van der Waals surface area contributed by atoms with Crippen molar-refractivity contribution in [2.75, 3.05) is 53.0 Å². The molecular weight excluding hydrogens is 338 g/mol. The van der Waals surface area contributed by atoms with Crippen molar-refractivity contribution < 1.29 is 9.53 Å². The van der Waals surface area contributed by atoms with Crippen LogP contribution in [0.1, 0.15) is 42.7 Å². The number of ether oxygens (including phenoxy) is 1. The molecule has 0 spiro atoms. The van der Waals surface area contributed by atoms with Crippen LogP contribution in [0, 0.1) is 12.8 Å². The van der Waals surface area contributed by atoms with Crippen LogP contribution < -0.4 is 5.32 Å². The minimum absolute atomic E-state index is 0.120. The molecule has 1 atom stereocenters. The molecule has 0 aliphatic carbocycles. The van der Waals surface area contributed by atoms with Crippen molar-refractivity contribution in [1.82, 2.24) is 15.1 Å². The molecule has 3 rings (SSSR count). The van der Waals surface area contributed by atoms with Crippen LogP contribution in [0.2, 0.25) is 0 Å². The molecule has 2 fully saturated rings. The molecule has 0 radical (unpaired) electrons. The fourth-order valence-electron chi connectivity index (χ4n) is 4.34. The van der Waals surface area contributed by atoms with Crippen molar-refractivity contribution in [3.8, 4) is 0 Å². The molecule has 5 nitrogen and oxygen atoms in total. The predicted octanol–water partition coefficient (Wildman–Crippen LogP) is 3.24. The number of hydrogen-bond donors (Lipinski definition) is 1. The molecular formula is C22H35N3O2. The highest BCUT2D eigenvalue weighted by Crippen LogP contribution is 2.27. The molecule has 0 bridgehead atoms. The van der Waals surface area contributed by atoms with E-state index in [1.807, 2.05) is 4.90 Å². The molecule has 27 heavy (non-hydrogen) atoms. The third-order valence-electron chi connectivity index (χ3n) is 6.08. The molecule has 1 aromatic carbocycles. The second-order valence-corrected chi connectivity index (χ2v) is 8.16. The van der Waals surface area contributed by atoms with Gasteiger partial charge in [-0.2, -0.15) is 0 Å². The van der Waals surface area contributed by atoms with Gasteiger partial charge >= 0.3 is 6.03 Å². The number of nitrogens with zero attached hydrogens (tertiary/aromatic N) is 2. The van der Waals surface area contributed by atoms with Crippen molar-refractivity contribution in [1.29, 1.82) is 0 Å². The lowest BCUT2D eigenvalue weighted by molar-refractivity contribution is 0.119. The van der Waals surface area contributed by atoms with E-state index in [1.54, 1.807) is 7.11 Å². The zero-order valence-corrected chi connectivity index (χ0v) is 17.0. The average molecular weight is 374 g/mol. The second-order valence-electron chi connectivity index (χ2n) is 8.16. The third-order valence-corrected chi connectivity index (χ3v) is 6.08. The minimum atomic E-state index is 0.120. The monoisotopic (exact) mass is 373 g/mol. The first-order valence-electron chi connectivity index (χ1n) is 10.5. The summed E-state index contributed by atoms with van der Waals surface area (Å²) in [6.45, 7) is 8.71. The Morgan fingerprint density at radius 2 is 2.04 bits per heavy atom. The Kier molecular flexibility index (Phi) is 7.53. The van der Waals surface area contributed by atoms with Crippen molar-refractivity contribution in [2.45, 2.75) is 38.5 Å². The fourth-order valence-corrected chi connectivity index (χ4v) is 4.34. The molecule has 1 N–H and O–H groups in total. The molecule has 2 saturated heterocycles. The van der Waals surface area contributed by atoms with Gasteiger partial charge in [-0.1, -0.05) is 29.8 Å². The Balaban J connectivity index is 1.42. The SMILES string of the molecule is COCCN1CCC(CNC(=O)N2CCCC(c3cccc(C)c3)C2)CC1. The van der Waals surface area contributed by atoms with Gasteiger partial charge in [0.05, 0.1) is 6.61 Å². The molecule has 150 valence electrons. The second kappa shape index (κ2) is 10.1. The van der Waals surface area contributed by atoms with Gasteiger partial charge in [0.25, 0.3) is 0 Å². The zero-order chi connectivity index (χ0) is 19.1. The van der Waals surface area contributed by atoms with Gasteiger partial charge in [-0.05, 0) is 57.2 Å². The van der Waals surface area contributed by atoms with Gasteiger partial charge in [0, 0.05) is 39.2 Å². The standard InChI is InChI=1S/C22H35N3O2/c1-18-5-3-6-20(15-18)21-7-4-10-25(17-21)22(26)23-16-19-8-11-24(12-9-19)13-14-27-2/h3,5-6,15,19,21H,4,7-14,16-17H2,1-2H3,(H,23,26). The summed E-state index contributed by atoms with van der Waals surface area (Å²) in [5, 5.41) is 3.21. The highest BCUT2D eigenvalue weighted by atomic mass is 16.5. The van der Waals surface area contributed by atoms with Gasteiger partial charge in [-0.15, -0.1) is 0 Å². The van der Waals surface area contributed by atoms with E-state index >= 15 is 0 Å². The Labute approximate surface area is 164 Å². The summed E-state index contributed by atoms with van der Waals surface area (Å²) in [7, 11) is 1.76. The van der Waals surface area contributed by atoms with Crippen LogP contribution in [0.4, 0.5) is 4.79 Å². The summed E-state index contributed by atoms with van der Waals surface area (Å²) in [4.78, 5) is 17.2. The number of rotatable bonds is 6. The number of likely N-dealkylation sites (tertiary alicyclic amines) is 2. The smallest absolute Gasteiger partial charge is 0.317 e. The van der Waals surface area contributed by atoms with Gasteiger partial charge in [-0.25, -0.2) is 4.79 Å². The zero-order valence-electron chi connectivity index (χ0n) is 17.0. The summed E-state index contributed by atoms with van der Waals surface area (Å²) in [6, 6.07) is 8.86. The molecule has 1 unspecified atom stereocenters. The summed E-state index contributed by atoms with van der Waals surface area (Å²) in [5.41, 5.74) is 2.67. The van der Waals surface area contributed by atoms with Gasteiger partial charge in [0.15, 0.2) is 0 Å². The van der Waals surface area contributed by atoms with Crippen LogP contribution in [0.3, 0.4) is 0 Å². The first-order valence-corrected chi connectivity index (χ1v) is 10.5. The van der Waals surface area contributed by atoms with E-state index in [4.69, 9.17) is 4.74 Å². The number of carbonyl (C=O) groups is 1. The molecule has 0 aromatic heterocycles. The predicted molar refractivity (Wildman–Crippen MR) is 109 cm³/mol. The number of aryl methyl sites for hydroxylation is 1. The van der Waals surface area contributed by atoms with Gasteiger partial charge in [0.2, 0.25) is 0 Å². The lowest BCUT2D eigenvalue weighted by atomic mass is 9.90. The van der Waals surface area contributed by atoms with Gasteiger partial charge in [0.1, 0.15) is 0 Å². The van der Waals surface area contributed by atoms with Crippen molar-refractivity contribution in [3.05, 3.63) is 35.4 Å². The van der Waals surface area contributed by atoms with Crippen LogP contribution in [0.15, 0.2) is 24.3 Å². The maximum atomic E-state index is 12.7. The summed E-state index contributed by atoms with van der Waals surface area (Å²) < 4.78 is 5.16. The number of benzene rings is 1. The van der Waals surface area contributed by atoms with E-state index in [0.717, 1.165) is 65.1 Å². The Hall–Kier alpha value is -1.59. The summed E-state index contributed by atoms with van der Waals surface area (Å²) in [5.74, 6) is 1.07. The molecule has 2 amide bonds. The van der Waals surface area contributed by atoms with Crippen LogP contribution >= 0.6 is 0 Å². The maximum Gasteiger partial charge on any atom is 0.317 e. The molecule has 1 aromatic rings. The quantitative estimate of drug-likeness (QED) is 0.833. The summed E-state index contributed by atoms with van der Waals surface area (Å²) >= 11 is 0. The highest BCUT2D eigenvalue weighted by molar-refractivity contribution is 5.74. The van der Waals surface area contributed by atoms with Crippen LogP contribution in [0.25, 0.3) is 0 Å². The van der Waals surface area contributed by atoms with Crippen molar-refractivity contribution in [3.63, 3.8) is 0 Å². The number of piperidine rings is 2. The Morgan fingerprint density at radius 3 is 2.78 bits per heavy atom. The number of nitrogens with one attached hydrogen (secondary N) is 1. The minimum Gasteiger partial charge on any atom is -0.383 e. The molecule has 5 heteroatoms. The topological polar surface area (TPSA) is 44.8 Å². The normalized spacial score (nSPS) is 22.0. The first-order chi connectivity index (χ1) is 13.2. The van der Waals surface area contributed by atoms with E-state index in [2.05, 4.69) is 41.4 Å². The lowest BCUT2D eigenvalue weighted by Gasteiger charge is -2.35. The molecule has 2 aliphatic rings. The fraction of sp³-hybridized carbons (Fsp3) is 0.682. The first kappa shape index (κ1) is 20.2. The van der Waals surface area contributed by atoms with Gasteiger partial charge in [-0.3, -0.25) is 0 Å². The maximum absolute atomic E-state index is 12.7. The van der Waals surface area contributed by atoms with E-state index in [9.17, 15) is 4.79 Å². The molecule has 0 saturated carbocycles. The largest absolute Gasteiger partial charge is 0.383 e. The van der Waals surface area contributed by atoms with E-state index in [0.29, 0.717) is 11.8 Å². The number of methoxy groups -OCH3 is 1. The highest BCUT2D eigenvalue weighted by Gasteiger charge is 2.26. The van der Waals surface area contributed by atoms with E-state index < -0.39 is 0 Å². The average Bonchev–Trinajstić information content (AvgIpc) is 2.71. The van der Waals surface area contributed by atoms with Crippen molar-refractivity contribution >= 4 is 6.03 Å². The Bertz CT molecular complexity index is 599. The lowest BCUT2D eigenvalue weighted by Crippen LogP contribution is -2.47. The van der Waals surface area contributed by atoms with Crippen molar-refractivity contribution in [2.24, 2.45) is 5.92 Å². The van der Waals surface area contributed by atoms with Crippen LogP contribution in [0.5, 0.6) is 0 Å². The van der Waals surface area contributed by atoms with E-state index in [1.165, 1.54) is 17.5 Å². The number of hydrogen-bond acceptors (Lipinski definition) is 3. The van der Waals surface area contributed by atoms with Gasteiger partial charge < -0.3 is 19.9 Å². The summed E-state index contributed by atoms with van der Waals surface area (Å²) in [6.07, 6.45) is 4.59. The van der Waals surface area contributed by atoms with E-state index in [-0.39, 0.29) is 6.03 Å². The number of carbonyl (C=O) groups excluding carboxylic acids is 1. The number of amides is 2. The molecule has 2 heterocycles.